The number of thiophene rings is 1. The van der Waals surface area contributed by atoms with Crippen molar-refractivity contribution in [3.63, 3.8) is 0 Å². The second-order valence-electron chi connectivity index (χ2n) is 6.97. The van der Waals surface area contributed by atoms with Crippen LogP contribution >= 0.6 is 11.3 Å². The SMILES string of the molecule is CCN(CC)C(=O)c1cc2c(s1)CC[C@@H](C(=O)NC1CCCC1)C2. The molecule has 4 nitrogen and oxygen atoms in total. The van der Waals surface area contributed by atoms with Gasteiger partial charge in [-0.25, -0.2) is 0 Å². The van der Waals surface area contributed by atoms with Crippen molar-refractivity contribution in [2.45, 2.75) is 64.8 Å². The monoisotopic (exact) mass is 348 g/mol. The van der Waals surface area contributed by atoms with Gasteiger partial charge < -0.3 is 10.2 Å². The topological polar surface area (TPSA) is 49.4 Å². The van der Waals surface area contributed by atoms with Crippen molar-refractivity contribution >= 4 is 23.2 Å². The summed E-state index contributed by atoms with van der Waals surface area (Å²) in [6.45, 7) is 5.51. The van der Waals surface area contributed by atoms with Gasteiger partial charge in [-0.1, -0.05) is 12.8 Å². The lowest BCUT2D eigenvalue weighted by Crippen LogP contribution is -2.39. The van der Waals surface area contributed by atoms with E-state index in [1.807, 2.05) is 24.8 Å². The fraction of sp³-hybridized carbons (Fsp3) is 0.684. The number of hydrogen-bond donors (Lipinski definition) is 1. The fourth-order valence-electron chi connectivity index (χ4n) is 3.91. The van der Waals surface area contributed by atoms with E-state index in [0.29, 0.717) is 6.04 Å². The Bertz CT molecular complexity index is 601. The van der Waals surface area contributed by atoms with Gasteiger partial charge in [0.2, 0.25) is 5.91 Å². The summed E-state index contributed by atoms with van der Waals surface area (Å²) in [6, 6.07) is 2.43. The lowest BCUT2D eigenvalue weighted by molar-refractivity contribution is -0.126. The Labute approximate surface area is 148 Å². The molecule has 2 aliphatic rings. The van der Waals surface area contributed by atoms with E-state index >= 15 is 0 Å². The number of hydrogen-bond acceptors (Lipinski definition) is 3. The van der Waals surface area contributed by atoms with E-state index < -0.39 is 0 Å². The molecule has 132 valence electrons. The van der Waals surface area contributed by atoms with Gasteiger partial charge in [-0.3, -0.25) is 9.59 Å². The molecule has 2 amide bonds. The quantitative estimate of drug-likeness (QED) is 0.887. The highest BCUT2D eigenvalue weighted by molar-refractivity contribution is 7.14. The molecular formula is C19H28N2O2S. The molecule has 0 saturated heterocycles. The summed E-state index contributed by atoms with van der Waals surface area (Å²) in [5.41, 5.74) is 1.22. The molecule has 1 saturated carbocycles. The van der Waals surface area contributed by atoms with Gasteiger partial charge in [0.05, 0.1) is 4.88 Å². The maximum absolute atomic E-state index is 12.5. The van der Waals surface area contributed by atoms with Crippen LogP contribution in [0.3, 0.4) is 0 Å². The van der Waals surface area contributed by atoms with Crippen LogP contribution in [-0.4, -0.2) is 35.8 Å². The van der Waals surface area contributed by atoms with E-state index in [-0.39, 0.29) is 17.7 Å². The van der Waals surface area contributed by atoms with E-state index in [1.54, 1.807) is 11.3 Å². The largest absolute Gasteiger partial charge is 0.353 e. The first-order valence-corrected chi connectivity index (χ1v) is 10.1. The number of rotatable bonds is 5. The summed E-state index contributed by atoms with van der Waals surface area (Å²) in [6.07, 6.45) is 7.35. The third-order valence-electron chi connectivity index (χ3n) is 5.42. The van der Waals surface area contributed by atoms with Gasteiger partial charge in [0, 0.05) is 29.9 Å². The van der Waals surface area contributed by atoms with Crippen LogP contribution in [0.2, 0.25) is 0 Å². The fourth-order valence-corrected chi connectivity index (χ4v) is 5.09. The third kappa shape index (κ3) is 3.66. The zero-order valence-corrected chi connectivity index (χ0v) is 15.6. The van der Waals surface area contributed by atoms with Crippen molar-refractivity contribution in [2.75, 3.05) is 13.1 Å². The highest BCUT2D eigenvalue weighted by Gasteiger charge is 2.29. The lowest BCUT2D eigenvalue weighted by Gasteiger charge is -2.23. The van der Waals surface area contributed by atoms with Gasteiger partial charge >= 0.3 is 0 Å². The van der Waals surface area contributed by atoms with E-state index in [1.165, 1.54) is 23.3 Å². The number of nitrogens with zero attached hydrogens (tertiary/aromatic N) is 1. The van der Waals surface area contributed by atoms with Crippen molar-refractivity contribution in [1.82, 2.24) is 10.2 Å². The van der Waals surface area contributed by atoms with E-state index in [0.717, 1.165) is 50.1 Å². The summed E-state index contributed by atoms with van der Waals surface area (Å²) < 4.78 is 0. The molecule has 1 N–H and O–H groups in total. The Hall–Kier alpha value is -1.36. The Morgan fingerprint density at radius 3 is 2.58 bits per heavy atom. The Kier molecular flexibility index (Phi) is 5.59. The molecule has 1 atom stereocenters. The molecule has 1 aromatic rings. The molecule has 1 heterocycles. The molecule has 3 rings (SSSR count). The minimum Gasteiger partial charge on any atom is -0.353 e. The van der Waals surface area contributed by atoms with Crippen molar-refractivity contribution in [1.29, 1.82) is 0 Å². The first kappa shape index (κ1) is 17.5. The van der Waals surface area contributed by atoms with Crippen LogP contribution in [-0.2, 0) is 17.6 Å². The van der Waals surface area contributed by atoms with Crippen molar-refractivity contribution in [3.8, 4) is 0 Å². The number of nitrogens with one attached hydrogen (secondary N) is 1. The number of carbonyl (C=O) groups excluding carboxylic acids is 2. The van der Waals surface area contributed by atoms with Crippen LogP contribution in [0.5, 0.6) is 0 Å². The van der Waals surface area contributed by atoms with E-state index in [4.69, 9.17) is 0 Å². The maximum atomic E-state index is 12.5. The van der Waals surface area contributed by atoms with Gasteiger partial charge in [0.1, 0.15) is 0 Å². The third-order valence-corrected chi connectivity index (χ3v) is 6.64. The van der Waals surface area contributed by atoms with Gasteiger partial charge in [-0.15, -0.1) is 11.3 Å². The zero-order chi connectivity index (χ0) is 17.1. The van der Waals surface area contributed by atoms with Gasteiger partial charge in [-0.2, -0.15) is 0 Å². The lowest BCUT2D eigenvalue weighted by atomic mass is 9.87. The van der Waals surface area contributed by atoms with Crippen molar-refractivity contribution in [2.24, 2.45) is 5.92 Å². The second kappa shape index (κ2) is 7.68. The molecule has 0 spiro atoms. The first-order chi connectivity index (χ1) is 11.6. The molecule has 1 fully saturated rings. The number of aryl methyl sites for hydroxylation is 1. The molecule has 0 aromatic carbocycles. The smallest absolute Gasteiger partial charge is 0.263 e. The molecule has 0 aliphatic heterocycles. The van der Waals surface area contributed by atoms with Crippen LogP contribution in [0.4, 0.5) is 0 Å². The second-order valence-corrected chi connectivity index (χ2v) is 8.10. The predicted molar refractivity (Wildman–Crippen MR) is 97.5 cm³/mol. The predicted octanol–water partition coefficient (Wildman–Crippen LogP) is 3.39. The Morgan fingerprint density at radius 1 is 1.21 bits per heavy atom. The summed E-state index contributed by atoms with van der Waals surface area (Å²) in [7, 11) is 0. The molecule has 0 radical (unpaired) electrons. The first-order valence-electron chi connectivity index (χ1n) is 9.33. The maximum Gasteiger partial charge on any atom is 0.263 e. The Morgan fingerprint density at radius 2 is 1.92 bits per heavy atom. The average molecular weight is 349 g/mol. The Balaban J connectivity index is 1.65. The van der Waals surface area contributed by atoms with Gasteiger partial charge in [0.15, 0.2) is 0 Å². The van der Waals surface area contributed by atoms with Crippen LogP contribution in [0.15, 0.2) is 6.07 Å². The van der Waals surface area contributed by atoms with Crippen LogP contribution in [0, 0.1) is 5.92 Å². The van der Waals surface area contributed by atoms with Gasteiger partial charge in [-0.05, 0) is 57.6 Å². The summed E-state index contributed by atoms with van der Waals surface area (Å²) in [4.78, 5) is 29.0. The zero-order valence-electron chi connectivity index (χ0n) is 14.8. The molecular weight excluding hydrogens is 320 g/mol. The van der Waals surface area contributed by atoms with Gasteiger partial charge in [0.25, 0.3) is 5.91 Å². The van der Waals surface area contributed by atoms with Crippen molar-refractivity contribution < 1.29 is 9.59 Å². The minimum absolute atomic E-state index is 0.0732. The number of amides is 2. The standard InChI is InChI=1S/C19H28N2O2S/c1-3-21(4-2)19(23)17-12-14-11-13(9-10-16(14)24-17)18(22)20-15-7-5-6-8-15/h12-13,15H,3-11H2,1-2H3,(H,20,22)/t13-/m1/s1. The summed E-state index contributed by atoms with van der Waals surface area (Å²) in [5, 5.41) is 3.23. The number of carbonyl (C=O) groups is 2. The molecule has 0 bridgehead atoms. The highest BCUT2D eigenvalue weighted by atomic mass is 32.1. The van der Waals surface area contributed by atoms with Crippen LogP contribution in [0.1, 0.15) is 66.1 Å². The summed E-state index contributed by atoms with van der Waals surface area (Å²) in [5.74, 6) is 0.422. The number of fused-ring (bicyclic) bond motifs is 1. The molecule has 24 heavy (non-hydrogen) atoms. The molecule has 0 unspecified atom stereocenters. The van der Waals surface area contributed by atoms with E-state index in [9.17, 15) is 9.59 Å². The van der Waals surface area contributed by atoms with Crippen LogP contribution < -0.4 is 5.32 Å². The molecule has 2 aliphatic carbocycles. The average Bonchev–Trinajstić information content (AvgIpc) is 3.24. The normalized spacial score (nSPS) is 20.7. The summed E-state index contributed by atoms with van der Waals surface area (Å²) >= 11 is 1.63. The van der Waals surface area contributed by atoms with Crippen LogP contribution in [0.25, 0.3) is 0 Å². The molecule has 5 heteroatoms. The minimum atomic E-state index is 0.0732. The van der Waals surface area contributed by atoms with Crippen molar-refractivity contribution in [3.05, 3.63) is 21.4 Å². The molecule has 1 aromatic heterocycles. The highest BCUT2D eigenvalue weighted by Crippen LogP contribution is 2.33. The van der Waals surface area contributed by atoms with E-state index in [2.05, 4.69) is 5.32 Å².